The van der Waals surface area contributed by atoms with Crippen LogP contribution in [0.4, 0.5) is 0 Å². The lowest BCUT2D eigenvalue weighted by molar-refractivity contribution is -0.0746. The van der Waals surface area contributed by atoms with Gasteiger partial charge in [-0.3, -0.25) is 0 Å². The third-order valence-electron chi connectivity index (χ3n) is 3.86. The molecule has 1 atom stereocenters. The van der Waals surface area contributed by atoms with Crippen LogP contribution >= 0.6 is 0 Å². The third kappa shape index (κ3) is 3.91. The Labute approximate surface area is 105 Å². The highest BCUT2D eigenvalue weighted by Gasteiger charge is 2.32. The van der Waals surface area contributed by atoms with Crippen molar-refractivity contribution in [3.63, 3.8) is 0 Å². The standard InChI is InChI=1S/C13H26N2O2/c1-13(10-14-11-13)17-7-6-15-5-3-4-12(8-15)9-16-2/h12,14H,3-11H2,1-2H3. The van der Waals surface area contributed by atoms with Gasteiger partial charge in [-0.15, -0.1) is 0 Å². The number of nitrogens with one attached hydrogen (secondary N) is 1. The topological polar surface area (TPSA) is 33.7 Å². The van der Waals surface area contributed by atoms with Crippen molar-refractivity contribution in [3.05, 3.63) is 0 Å². The predicted octanol–water partition coefficient (Wildman–Crippen LogP) is 0.723. The minimum Gasteiger partial charge on any atom is -0.384 e. The van der Waals surface area contributed by atoms with E-state index in [2.05, 4.69) is 17.1 Å². The molecule has 1 N–H and O–H groups in total. The molecule has 0 aromatic heterocycles. The van der Waals surface area contributed by atoms with E-state index in [4.69, 9.17) is 9.47 Å². The van der Waals surface area contributed by atoms with E-state index in [-0.39, 0.29) is 5.60 Å². The Morgan fingerprint density at radius 2 is 2.24 bits per heavy atom. The molecule has 4 nitrogen and oxygen atoms in total. The van der Waals surface area contributed by atoms with Gasteiger partial charge in [0.2, 0.25) is 0 Å². The number of hydrogen-bond acceptors (Lipinski definition) is 4. The summed E-state index contributed by atoms with van der Waals surface area (Å²) in [5.74, 6) is 0.717. The van der Waals surface area contributed by atoms with Crippen molar-refractivity contribution < 1.29 is 9.47 Å². The molecular formula is C13H26N2O2. The molecule has 0 saturated carbocycles. The maximum absolute atomic E-state index is 5.93. The van der Waals surface area contributed by atoms with Gasteiger partial charge in [0.05, 0.1) is 18.8 Å². The summed E-state index contributed by atoms with van der Waals surface area (Å²) >= 11 is 0. The average molecular weight is 242 g/mol. The summed E-state index contributed by atoms with van der Waals surface area (Å²) in [7, 11) is 1.80. The number of methoxy groups -OCH3 is 1. The highest BCUT2D eigenvalue weighted by molar-refractivity contribution is 4.90. The lowest BCUT2D eigenvalue weighted by atomic mass is 9.99. The molecule has 0 aromatic carbocycles. The van der Waals surface area contributed by atoms with Crippen molar-refractivity contribution in [1.82, 2.24) is 10.2 Å². The van der Waals surface area contributed by atoms with Crippen molar-refractivity contribution in [2.45, 2.75) is 25.4 Å². The van der Waals surface area contributed by atoms with E-state index >= 15 is 0 Å². The quantitative estimate of drug-likeness (QED) is 0.744. The van der Waals surface area contributed by atoms with Gasteiger partial charge in [0.15, 0.2) is 0 Å². The van der Waals surface area contributed by atoms with E-state index < -0.39 is 0 Å². The molecule has 4 heteroatoms. The molecule has 2 rings (SSSR count). The summed E-state index contributed by atoms with van der Waals surface area (Å²) in [4.78, 5) is 2.52. The summed E-state index contributed by atoms with van der Waals surface area (Å²) in [5, 5.41) is 3.26. The van der Waals surface area contributed by atoms with Crippen LogP contribution < -0.4 is 5.32 Å². The number of piperidine rings is 1. The fourth-order valence-electron chi connectivity index (χ4n) is 2.73. The largest absolute Gasteiger partial charge is 0.384 e. The summed E-state index contributed by atoms with van der Waals surface area (Å²) < 4.78 is 11.2. The van der Waals surface area contributed by atoms with Gasteiger partial charge in [0.25, 0.3) is 0 Å². The summed E-state index contributed by atoms with van der Waals surface area (Å²) in [6.07, 6.45) is 2.61. The molecule has 0 spiro atoms. The van der Waals surface area contributed by atoms with Gasteiger partial charge >= 0.3 is 0 Å². The molecule has 1 unspecified atom stereocenters. The van der Waals surface area contributed by atoms with Crippen LogP contribution in [0.3, 0.4) is 0 Å². The zero-order chi connectivity index (χ0) is 12.1. The number of rotatable bonds is 6. The monoisotopic (exact) mass is 242 g/mol. The van der Waals surface area contributed by atoms with Gasteiger partial charge in [-0.2, -0.15) is 0 Å². The van der Waals surface area contributed by atoms with E-state index in [1.165, 1.54) is 25.9 Å². The molecule has 2 fully saturated rings. The van der Waals surface area contributed by atoms with Crippen LogP contribution in [0, 0.1) is 5.92 Å². The van der Waals surface area contributed by atoms with Crippen LogP contribution in [0.2, 0.25) is 0 Å². The smallest absolute Gasteiger partial charge is 0.0902 e. The summed E-state index contributed by atoms with van der Waals surface area (Å²) in [6.45, 7) is 9.41. The molecule has 2 saturated heterocycles. The summed E-state index contributed by atoms with van der Waals surface area (Å²) in [5.41, 5.74) is 0.0989. The molecule has 0 bridgehead atoms. The van der Waals surface area contributed by atoms with Crippen LogP contribution in [0.1, 0.15) is 19.8 Å². The minimum absolute atomic E-state index is 0.0989. The molecule has 0 amide bonds. The first-order valence-corrected chi connectivity index (χ1v) is 6.78. The molecular weight excluding hydrogens is 216 g/mol. The van der Waals surface area contributed by atoms with Gasteiger partial charge in [-0.1, -0.05) is 0 Å². The first kappa shape index (κ1) is 13.3. The molecule has 0 aliphatic carbocycles. The van der Waals surface area contributed by atoms with Crippen molar-refractivity contribution in [1.29, 1.82) is 0 Å². The molecule has 2 aliphatic rings. The first-order valence-electron chi connectivity index (χ1n) is 6.78. The first-order chi connectivity index (χ1) is 8.22. The van der Waals surface area contributed by atoms with Gasteiger partial charge in [0.1, 0.15) is 0 Å². The zero-order valence-corrected chi connectivity index (χ0v) is 11.2. The van der Waals surface area contributed by atoms with Crippen LogP contribution in [-0.2, 0) is 9.47 Å². The third-order valence-corrected chi connectivity index (χ3v) is 3.86. The van der Waals surface area contributed by atoms with Crippen molar-refractivity contribution in [3.8, 4) is 0 Å². The summed E-state index contributed by atoms with van der Waals surface area (Å²) in [6, 6.07) is 0. The van der Waals surface area contributed by atoms with Crippen LogP contribution in [0.15, 0.2) is 0 Å². The Morgan fingerprint density at radius 1 is 1.41 bits per heavy atom. The van der Waals surface area contributed by atoms with Gasteiger partial charge in [-0.25, -0.2) is 0 Å². The number of hydrogen-bond donors (Lipinski definition) is 1. The molecule has 17 heavy (non-hydrogen) atoms. The van der Waals surface area contributed by atoms with Crippen LogP contribution in [0.5, 0.6) is 0 Å². The fraction of sp³-hybridized carbons (Fsp3) is 1.00. The lowest BCUT2D eigenvalue weighted by Crippen LogP contribution is -2.59. The van der Waals surface area contributed by atoms with Gasteiger partial charge in [-0.05, 0) is 32.2 Å². The second kappa shape index (κ2) is 6.14. The number of ether oxygens (including phenoxy) is 2. The lowest BCUT2D eigenvalue weighted by Gasteiger charge is -2.40. The van der Waals surface area contributed by atoms with Crippen molar-refractivity contribution in [2.75, 3.05) is 53.0 Å². The Balaban J connectivity index is 1.61. The average Bonchev–Trinajstić information content (AvgIpc) is 2.28. The van der Waals surface area contributed by atoms with E-state index in [0.29, 0.717) is 0 Å². The Hall–Kier alpha value is -0.160. The number of likely N-dealkylation sites (tertiary alicyclic amines) is 1. The highest BCUT2D eigenvalue weighted by Crippen LogP contribution is 2.18. The van der Waals surface area contributed by atoms with Gasteiger partial charge in [0, 0.05) is 33.3 Å². The Kier molecular flexibility index (Phi) is 4.79. The van der Waals surface area contributed by atoms with Crippen molar-refractivity contribution in [2.24, 2.45) is 5.92 Å². The minimum atomic E-state index is 0.0989. The predicted molar refractivity (Wildman–Crippen MR) is 68.3 cm³/mol. The zero-order valence-electron chi connectivity index (χ0n) is 11.2. The molecule has 100 valence electrons. The maximum Gasteiger partial charge on any atom is 0.0902 e. The molecule has 0 radical (unpaired) electrons. The second-order valence-corrected chi connectivity index (χ2v) is 5.67. The maximum atomic E-state index is 5.93. The normalized spacial score (nSPS) is 28.9. The van der Waals surface area contributed by atoms with E-state index in [0.717, 1.165) is 38.8 Å². The van der Waals surface area contributed by atoms with Crippen LogP contribution in [0.25, 0.3) is 0 Å². The second-order valence-electron chi connectivity index (χ2n) is 5.67. The molecule has 0 aromatic rings. The SMILES string of the molecule is COCC1CCCN(CCOC2(C)CNC2)C1. The van der Waals surface area contributed by atoms with E-state index in [1.54, 1.807) is 7.11 Å². The van der Waals surface area contributed by atoms with E-state index in [1.807, 2.05) is 0 Å². The Morgan fingerprint density at radius 3 is 2.88 bits per heavy atom. The Bertz CT molecular complexity index is 229. The highest BCUT2D eigenvalue weighted by atomic mass is 16.5. The number of nitrogens with zero attached hydrogens (tertiary/aromatic N) is 1. The fourth-order valence-corrected chi connectivity index (χ4v) is 2.73. The van der Waals surface area contributed by atoms with Gasteiger partial charge < -0.3 is 19.7 Å². The van der Waals surface area contributed by atoms with Crippen molar-refractivity contribution >= 4 is 0 Å². The molecule has 2 aliphatic heterocycles. The van der Waals surface area contributed by atoms with Crippen LogP contribution in [-0.4, -0.2) is 63.5 Å². The molecule has 2 heterocycles. The van der Waals surface area contributed by atoms with E-state index in [9.17, 15) is 0 Å².